The predicted molar refractivity (Wildman–Crippen MR) is 97.1 cm³/mol. The summed E-state index contributed by atoms with van der Waals surface area (Å²) in [6.07, 6.45) is 0.182. The lowest BCUT2D eigenvalue weighted by atomic mass is 10.1. The van der Waals surface area contributed by atoms with Gasteiger partial charge in [-0.15, -0.1) is 0 Å². The van der Waals surface area contributed by atoms with Crippen molar-refractivity contribution in [3.05, 3.63) is 58.6 Å². The highest BCUT2D eigenvalue weighted by atomic mass is 35.5. The van der Waals surface area contributed by atoms with E-state index in [-0.39, 0.29) is 6.04 Å². The molecule has 0 aliphatic heterocycles. The SMILES string of the molecule is COc1ccc(CC(C)NC[C@H](O)c2ccccc2Cl)cc1OC. The predicted octanol–water partition coefficient (Wildman–Crippen LogP) is 3.61. The van der Waals surface area contributed by atoms with Gasteiger partial charge in [-0.2, -0.15) is 0 Å². The maximum atomic E-state index is 10.3. The zero-order valence-corrected chi connectivity index (χ0v) is 15.0. The highest BCUT2D eigenvalue weighted by Crippen LogP contribution is 2.28. The Morgan fingerprint density at radius 2 is 1.79 bits per heavy atom. The summed E-state index contributed by atoms with van der Waals surface area (Å²) >= 11 is 6.11. The van der Waals surface area contributed by atoms with Crippen LogP contribution in [0.3, 0.4) is 0 Å². The van der Waals surface area contributed by atoms with Gasteiger partial charge in [0.2, 0.25) is 0 Å². The van der Waals surface area contributed by atoms with Gasteiger partial charge < -0.3 is 19.9 Å². The maximum Gasteiger partial charge on any atom is 0.160 e. The van der Waals surface area contributed by atoms with Crippen molar-refractivity contribution in [1.82, 2.24) is 5.32 Å². The summed E-state index contributed by atoms with van der Waals surface area (Å²) in [5, 5.41) is 14.2. The van der Waals surface area contributed by atoms with Gasteiger partial charge in [-0.05, 0) is 37.1 Å². The third-order valence-corrected chi connectivity index (χ3v) is 4.26. The van der Waals surface area contributed by atoms with Crippen molar-refractivity contribution < 1.29 is 14.6 Å². The molecule has 4 nitrogen and oxygen atoms in total. The number of halogens is 1. The third kappa shape index (κ3) is 4.87. The topological polar surface area (TPSA) is 50.7 Å². The fourth-order valence-electron chi connectivity index (χ4n) is 2.60. The van der Waals surface area contributed by atoms with Crippen LogP contribution in [0.1, 0.15) is 24.2 Å². The first-order valence-corrected chi connectivity index (χ1v) is 8.29. The second-order valence-electron chi connectivity index (χ2n) is 5.74. The fourth-order valence-corrected chi connectivity index (χ4v) is 2.86. The van der Waals surface area contributed by atoms with E-state index in [0.29, 0.717) is 11.6 Å². The molecule has 0 fully saturated rings. The Labute approximate surface area is 148 Å². The molecule has 0 amide bonds. The lowest BCUT2D eigenvalue weighted by Gasteiger charge is -2.19. The van der Waals surface area contributed by atoms with E-state index in [4.69, 9.17) is 21.1 Å². The molecule has 0 heterocycles. The summed E-state index contributed by atoms with van der Waals surface area (Å²) in [5.41, 5.74) is 1.88. The van der Waals surface area contributed by atoms with Crippen molar-refractivity contribution in [2.45, 2.75) is 25.5 Å². The summed E-state index contributed by atoms with van der Waals surface area (Å²) in [5.74, 6) is 1.44. The van der Waals surface area contributed by atoms with E-state index in [0.717, 1.165) is 29.0 Å². The van der Waals surface area contributed by atoms with Crippen molar-refractivity contribution in [3.63, 3.8) is 0 Å². The molecule has 0 aliphatic carbocycles. The van der Waals surface area contributed by atoms with Crippen molar-refractivity contribution >= 4 is 11.6 Å². The standard InChI is InChI=1S/C19H24ClNO3/c1-13(10-14-8-9-18(23-2)19(11-14)24-3)21-12-17(22)15-6-4-5-7-16(15)20/h4-9,11,13,17,21-22H,10,12H2,1-3H3/t13?,17-/m0/s1. The van der Waals surface area contributed by atoms with E-state index in [1.807, 2.05) is 36.4 Å². The largest absolute Gasteiger partial charge is 0.493 e. The van der Waals surface area contributed by atoms with Gasteiger partial charge in [0, 0.05) is 23.2 Å². The van der Waals surface area contributed by atoms with Gasteiger partial charge in [0.05, 0.1) is 20.3 Å². The third-order valence-electron chi connectivity index (χ3n) is 3.91. The molecular formula is C19H24ClNO3. The summed E-state index contributed by atoms with van der Waals surface area (Å²) in [6.45, 7) is 2.52. The summed E-state index contributed by atoms with van der Waals surface area (Å²) < 4.78 is 10.6. The molecule has 0 spiro atoms. The Hall–Kier alpha value is -1.75. The molecule has 0 bridgehead atoms. The monoisotopic (exact) mass is 349 g/mol. The van der Waals surface area contributed by atoms with Gasteiger partial charge in [-0.3, -0.25) is 0 Å². The number of hydrogen-bond donors (Lipinski definition) is 2. The molecular weight excluding hydrogens is 326 g/mol. The number of ether oxygens (including phenoxy) is 2. The molecule has 2 atom stereocenters. The highest BCUT2D eigenvalue weighted by molar-refractivity contribution is 6.31. The van der Waals surface area contributed by atoms with Crippen LogP contribution in [0.5, 0.6) is 11.5 Å². The zero-order valence-electron chi connectivity index (χ0n) is 14.3. The van der Waals surface area contributed by atoms with Crippen molar-refractivity contribution in [1.29, 1.82) is 0 Å². The molecule has 0 aliphatic rings. The van der Waals surface area contributed by atoms with Gasteiger partial charge in [-0.1, -0.05) is 35.9 Å². The van der Waals surface area contributed by atoms with E-state index in [1.54, 1.807) is 20.3 Å². The number of benzene rings is 2. The fraction of sp³-hybridized carbons (Fsp3) is 0.368. The molecule has 5 heteroatoms. The van der Waals surface area contributed by atoms with Crippen LogP contribution in [0.15, 0.2) is 42.5 Å². The van der Waals surface area contributed by atoms with Crippen LogP contribution in [0.25, 0.3) is 0 Å². The van der Waals surface area contributed by atoms with Crippen LogP contribution >= 0.6 is 11.6 Å². The van der Waals surface area contributed by atoms with Crippen LogP contribution in [0, 0.1) is 0 Å². The Kier molecular flexibility index (Phi) is 6.91. The molecule has 2 N–H and O–H groups in total. The van der Waals surface area contributed by atoms with E-state index in [9.17, 15) is 5.11 Å². The normalized spacial score (nSPS) is 13.4. The molecule has 2 aromatic carbocycles. The Morgan fingerprint density at radius 1 is 1.08 bits per heavy atom. The van der Waals surface area contributed by atoms with Gasteiger partial charge in [0.1, 0.15) is 0 Å². The number of methoxy groups -OCH3 is 2. The first kappa shape index (κ1) is 18.6. The molecule has 0 aromatic heterocycles. The van der Waals surface area contributed by atoms with E-state index in [2.05, 4.69) is 12.2 Å². The highest BCUT2D eigenvalue weighted by Gasteiger charge is 2.13. The Morgan fingerprint density at radius 3 is 2.46 bits per heavy atom. The average Bonchev–Trinajstić information content (AvgIpc) is 2.60. The number of hydrogen-bond acceptors (Lipinski definition) is 4. The number of rotatable bonds is 8. The van der Waals surface area contributed by atoms with E-state index in [1.165, 1.54) is 0 Å². The molecule has 0 radical (unpaired) electrons. The lowest BCUT2D eigenvalue weighted by Crippen LogP contribution is -2.32. The molecule has 130 valence electrons. The van der Waals surface area contributed by atoms with Crippen LogP contribution in [0.4, 0.5) is 0 Å². The van der Waals surface area contributed by atoms with E-state index >= 15 is 0 Å². The van der Waals surface area contributed by atoms with Gasteiger partial charge in [-0.25, -0.2) is 0 Å². The van der Waals surface area contributed by atoms with Gasteiger partial charge >= 0.3 is 0 Å². The minimum atomic E-state index is -0.633. The van der Waals surface area contributed by atoms with Gasteiger partial charge in [0.15, 0.2) is 11.5 Å². The Bertz CT molecular complexity index is 663. The Balaban J connectivity index is 1.91. The summed E-state index contributed by atoms with van der Waals surface area (Å²) in [7, 11) is 3.25. The number of aliphatic hydroxyl groups is 1. The van der Waals surface area contributed by atoms with Crippen LogP contribution in [-0.2, 0) is 6.42 Å². The van der Waals surface area contributed by atoms with Crippen LogP contribution in [-0.4, -0.2) is 31.9 Å². The first-order chi connectivity index (χ1) is 11.5. The maximum absolute atomic E-state index is 10.3. The molecule has 2 rings (SSSR count). The average molecular weight is 350 g/mol. The summed E-state index contributed by atoms with van der Waals surface area (Å²) in [4.78, 5) is 0. The van der Waals surface area contributed by atoms with Crippen LogP contribution < -0.4 is 14.8 Å². The minimum Gasteiger partial charge on any atom is -0.493 e. The smallest absolute Gasteiger partial charge is 0.160 e. The number of aliphatic hydroxyl groups excluding tert-OH is 1. The van der Waals surface area contributed by atoms with Crippen molar-refractivity contribution in [3.8, 4) is 11.5 Å². The second kappa shape index (κ2) is 8.92. The molecule has 24 heavy (non-hydrogen) atoms. The molecule has 1 unspecified atom stereocenters. The van der Waals surface area contributed by atoms with E-state index < -0.39 is 6.10 Å². The quantitative estimate of drug-likeness (QED) is 0.764. The number of nitrogens with one attached hydrogen (secondary N) is 1. The minimum absolute atomic E-state index is 0.195. The zero-order chi connectivity index (χ0) is 17.5. The van der Waals surface area contributed by atoms with Crippen molar-refractivity contribution in [2.24, 2.45) is 0 Å². The second-order valence-corrected chi connectivity index (χ2v) is 6.15. The molecule has 2 aromatic rings. The molecule has 0 saturated heterocycles. The van der Waals surface area contributed by atoms with Gasteiger partial charge in [0.25, 0.3) is 0 Å². The molecule has 0 saturated carbocycles. The lowest BCUT2D eigenvalue weighted by molar-refractivity contribution is 0.170. The summed E-state index contributed by atoms with van der Waals surface area (Å²) in [6, 6.07) is 13.4. The van der Waals surface area contributed by atoms with Crippen molar-refractivity contribution in [2.75, 3.05) is 20.8 Å². The van der Waals surface area contributed by atoms with Crippen LogP contribution in [0.2, 0.25) is 5.02 Å². The first-order valence-electron chi connectivity index (χ1n) is 7.92.